The molecule has 0 unspecified atom stereocenters. The molecular formula is C32H53N5O6. The van der Waals surface area contributed by atoms with E-state index in [1.54, 1.807) is 26.0 Å². The minimum atomic E-state index is -0.971. The third-order valence-electron chi connectivity index (χ3n) is 7.37. The standard InChI is InChI=1S/C32H53N5O6/c1-9-21(8)27(33)31(42)36-25(14-18(2)3)29(40)35-26(15-19(4)5)30(41)37-28(20(6)7)32(43)34-23(17-38)16-22-10-12-24(39)13-11-22/h10-13,17-21,23,25-28,39H,9,14-16,33H2,1-8H3,(H,34,43)(H,35,40)(H,36,42)(H,37,41)/t21-,23-,25+,26+,27-,28-/m1/s1. The Balaban J connectivity index is 3.06. The third kappa shape index (κ3) is 13.1. The molecule has 1 rings (SSSR count). The molecule has 1 aromatic carbocycles. The monoisotopic (exact) mass is 603 g/mol. The van der Waals surface area contributed by atoms with Crippen molar-refractivity contribution in [2.75, 3.05) is 0 Å². The van der Waals surface area contributed by atoms with Crippen LogP contribution < -0.4 is 27.0 Å². The lowest BCUT2D eigenvalue weighted by Gasteiger charge is -2.29. The molecule has 0 saturated carbocycles. The number of aldehydes is 1. The van der Waals surface area contributed by atoms with Crippen molar-refractivity contribution >= 4 is 29.9 Å². The Bertz CT molecular complexity index is 1060. The average molecular weight is 604 g/mol. The van der Waals surface area contributed by atoms with Gasteiger partial charge >= 0.3 is 0 Å². The molecule has 242 valence electrons. The van der Waals surface area contributed by atoms with E-state index in [1.165, 1.54) is 12.1 Å². The van der Waals surface area contributed by atoms with Crippen LogP contribution in [0.1, 0.15) is 80.2 Å². The van der Waals surface area contributed by atoms with Crippen molar-refractivity contribution < 1.29 is 29.1 Å². The van der Waals surface area contributed by atoms with Crippen LogP contribution in [0.25, 0.3) is 0 Å². The van der Waals surface area contributed by atoms with E-state index >= 15 is 0 Å². The van der Waals surface area contributed by atoms with E-state index in [1.807, 2.05) is 41.5 Å². The molecule has 0 aliphatic heterocycles. The number of rotatable bonds is 18. The highest BCUT2D eigenvalue weighted by Gasteiger charge is 2.33. The highest BCUT2D eigenvalue weighted by atomic mass is 16.3. The third-order valence-corrected chi connectivity index (χ3v) is 7.37. The molecule has 0 saturated heterocycles. The minimum Gasteiger partial charge on any atom is -0.508 e. The molecule has 0 fully saturated rings. The van der Waals surface area contributed by atoms with Crippen LogP contribution in [0, 0.1) is 23.7 Å². The van der Waals surface area contributed by atoms with Crippen LogP contribution in [-0.2, 0) is 30.4 Å². The highest BCUT2D eigenvalue weighted by Crippen LogP contribution is 2.13. The second kappa shape index (κ2) is 18.3. The Labute approximate surface area is 256 Å². The normalized spacial score (nSPS) is 15.6. The SMILES string of the molecule is CC[C@@H](C)[C@@H](N)C(=O)N[C@@H](CC(C)C)C(=O)N[C@@H](CC(C)C)C(=O)N[C@@H](C(=O)N[C@@H](C=O)Cc1ccc(O)cc1)C(C)C. The number of aromatic hydroxyl groups is 1. The van der Waals surface area contributed by atoms with Crippen LogP contribution in [0.4, 0.5) is 0 Å². The van der Waals surface area contributed by atoms with Gasteiger partial charge in [0, 0.05) is 0 Å². The first-order valence-electron chi connectivity index (χ1n) is 15.3. The zero-order valence-electron chi connectivity index (χ0n) is 27.0. The maximum atomic E-state index is 13.5. The molecule has 0 aliphatic rings. The second-order valence-electron chi connectivity index (χ2n) is 12.6. The molecule has 0 radical (unpaired) electrons. The van der Waals surface area contributed by atoms with Crippen molar-refractivity contribution in [3.05, 3.63) is 29.8 Å². The largest absolute Gasteiger partial charge is 0.508 e. The van der Waals surface area contributed by atoms with E-state index in [0.717, 1.165) is 5.56 Å². The Hall–Kier alpha value is -3.47. The number of hydrogen-bond donors (Lipinski definition) is 6. The van der Waals surface area contributed by atoms with Gasteiger partial charge in [-0.2, -0.15) is 0 Å². The summed E-state index contributed by atoms with van der Waals surface area (Å²) >= 11 is 0. The van der Waals surface area contributed by atoms with Crippen molar-refractivity contribution in [3.8, 4) is 5.75 Å². The van der Waals surface area contributed by atoms with Crippen molar-refractivity contribution in [1.82, 2.24) is 21.3 Å². The summed E-state index contributed by atoms with van der Waals surface area (Å²) in [6.07, 6.45) is 2.20. The molecule has 0 heterocycles. The van der Waals surface area contributed by atoms with E-state index in [0.29, 0.717) is 25.5 Å². The summed E-state index contributed by atoms with van der Waals surface area (Å²) < 4.78 is 0. The fraction of sp³-hybridized carbons (Fsp3) is 0.656. The van der Waals surface area contributed by atoms with Gasteiger partial charge in [-0.15, -0.1) is 0 Å². The van der Waals surface area contributed by atoms with Crippen molar-refractivity contribution in [1.29, 1.82) is 0 Å². The van der Waals surface area contributed by atoms with E-state index in [2.05, 4.69) is 21.3 Å². The van der Waals surface area contributed by atoms with Crippen LogP contribution >= 0.6 is 0 Å². The zero-order valence-corrected chi connectivity index (χ0v) is 27.0. The minimum absolute atomic E-state index is 0.0316. The second-order valence-corrected chi connectivity index (χ2v) is 12.6. The summed E-state index contributed by atoms with van der Waals surface area (Å²) in [7, 11) is 0. The van der Waals surface area contributed by atoms with Crippen LogP contribution in [0.3, 0.4) is 0 Å². The first-order valence-corrected chi connectivity index (χ1v) is 15.3. The van der Waals surface area contributed by atoms with Crippen molar-refractivity contribution in [2.45, 2.75) is 111 Å². The Morgan fingerprint density at radius 1 is 0.767 bits per heavy atom. The van der Waals surface area contributed by atoms with Gasteiger partial charge in [0.25, 0.3) is 0 Å². The number of phenols is 1. The Morgan fingerprint density at radius 2 is 1.26 bits per heavy atom. The van der Waals surface area contributed by atoms with Gasteiger partial charge in [-0.25, -0.2) is 0 Å². The lowest BCUT2D eigenvalue weighted by Crippen LogP contribution is -2.59. The first kappa shape index (κ1) is 37.6. The van der Waals surface area contributed by atoms with E-state index < -0.39 is 53.8 Å². The Morgan fingerprint density at radius 3 is 1.70 bits per heavy atom. The summed E-state index contributed by atoms with van der Waals surface area (Å²) in [5.74, 6) is -2.18. The summed E-state index contributed by atoms with van der Waals surface area (Å²) in [5.41, 5.74) is 6.84. The van der Waals surface area contributed by atoms with Crippen LogP contribution in [0.2, 0.25) is 0 Å². The summed E-state index contributed by atoms with van der Waals surface area (Å²) in [6.45, 7) is 15.0. The molecular weight excluding hydrogens is 550 g/mol. The van der Waals surface area contributed by atoms with Gasteiger partial charge in [0.05, 0.1) is 12.1 Å². The van der Waals surface area contributed by atoms with Crippen molar-refractivity contribution in [2.24, 2.45) is 29.4 Å². The molecule has 0 spiro atoms. The zero-order chi connectivity index (χ0) is 32.9. The highest BCUT2D eigenvalue weighted by molar-refractivity contribution is 5.95. The molecule has 6 atom stereocenters. The van der Waals surface area contributed by atoms with Gasteiger partial charge in [-0.3, -0.25) is 19.2 Å². The number of amides is 4. The summed E-state index contributed by atoms with van der Waals surface area (Å²) in [5, 5.41) is 20.5. The number of carbonyl (C=O) groups is 5. The maximum absolute atomic E-state index is 13.5. The van der Waals surface area contributed by atoms with E-state index in [4.69, 9.17) is 5.73 Å². The molecule has 7 N–H and O–H groups in total. The number of hydrogen-bond acceptors (Lipinski definition) is 7. The fourth-order valence-corrected chi connectivity index (χ4v) is 4.54. The molecule has 11 nitrogen and oxygen atoms in total. The lowest BCUT2D eigenvalue weighted by atomic mass is 9.97. The maximum Gasteiger partial charge on any atom is 0.243 e. The fourth-order valence-electron chi connectivity index (χ4n) is 4.54. The van der Waals surface area contributed by atoms with Gasteiger partial charge in [-0.05, 0) is 60.6 Å². The molecule has 43 heavy (non-hydrogen) atoms. The molecule has 1 aromatic rings. The van der Waals surface area contributed by atoms with E-state index in [-0.39, 0.29) is 35.8 Å². The predicted octanol–water partition coefficient (Wildman–Crippen LogP) is 2.19. The number of nitrogens with one attached hydrogen (secondary N) is 4. The molecule has 0 aliphatic carbocycles. The molecule has 0 aromatic heterocycles. The van der Waals surface area contributed by atoms with Gasteiger partial charge in [0.1, 0.15) is 30.2 Å². The van der Waals surface area contributed by atoms with Gasteiger partial charge in [0.15, 0.2) is 0 Å². The summed E-state index contributed by atoms with van der Waals surface area (Å²) in [6, 6.07) is 1.88. The molecule has 4 amide bonds. The molecule has 0 bridgehead atoms. The number of phenolic OH excluding ortho intramolecular Hbond substituents is 1. The van der Waals surface area contributed by atoms with Crippen molar-refractivity contribution in [3.63, 3.8) is 0 Å². The Kier molecular flexibility index (Phi) is 15.9. The van der Waals surface area contributed by atoms with Gasteiger partial charge < -0.3 is 36.9 Å². The van der Waals surface area contributed by atoms with E-state index in [9.17, 15) is 29.1 Å². The average Bonchev–Trinajstić information content (AvgIpc) is 2.93. The first-order chi connectivity index (χ1) is 20.1. The van der Waals surface area contributed by atoms with Crippen LogP contribution in [0.5, 0.6) is 5.75 Å². The van der Waals surface area contributed by atoms with Crippen LogP contribution in [-0.4, -0.2) is 65.2 Å². The summed E-state index contributed by atoms with van der Waals surface area (Å²) in [4.78, 5) is 64.7. The van der Waals surface area contributed by atoms with Gasteiger partial charge in [-0.1, -0.05) is 73.9 Å². The molecule has 11 heteroatoms. The topological polar surface area (TPSA) is 180 Å². The number of nitrogens with two attached hydrogens (primary N) is 1. The quantitative estimate of drug-likeness (QED) is 0.139. The smallest absolute Gasteiger partial charge is 0.243 e. The predicted molar refractivity (Wildman–Crippen MR) is 167 cm³/mol. The van der Waals surface area contributed by atoms with Gasteiger partial charge in [0.2, 0.25) is 23.6 Å². The van der Waals surface area contributed by atoms with Crippen LogP contribution in [0.15, 0.2) is 24.3 Å². The lowest BCUT2D eigenvalue weighted by molar-refractivity contribution is -0.135. The number of benzene rings is 1. The number of carbonyl (C=O) groups excluding carboxylic acids is 5.